The third-order valence-electron chi connectivity index (χ3n) is 5.94. The van der Waals surface area contributed by atoms with Gasteiger partial charge in [0.2, 0.25) is 0 Å². The Morgan fingerprint density at radius 2 is 1.88 bits per heavy atom. The topological polar surface area (TPSA) is 91.2 Å². The van der Waals surface area contributed by atoms with E-state index in [1.165, 1.54) is 14.2 Å². The number of hydrogen-bond acceptors (Lipinski definition) is 6. The first-order valence-corrected chi connectivity index (χ1v) is 11.1. The van der Waals surface area contributed by atoms with E-state index >= 15 is 0 Å². The molecular formula is C26H25N3O5. The van der Waals surface area contributed by atoms with E-state index in [-0.39, 0.29) is 18.1 Å². The minimum absolute atomic E-state index is 0.0783. The lowest BCUT2D eigenvalue weighted by molar-refractivity contribution is -0.123. The van der Waals surface area contributed by atoms with Crippen LogP contribution in [0.5, 0.6) is 17.2 Å². The fourth-order valence-corrected chi connectivity index (χ4v) is 4.41. The fourth-order valence-electron chi connectivity index (χ4n) is 4.41. The number of methoxy groups -OCH3 is 2. The summed E-state index contributed by atoms with van der Waals surface area (Å²) in [6.07, 6.45) is 1.73. The Hall–Kier alpha value is -4.07. The lowest BCUT2D eigenvalue weighted by atomic mass is 10.1. The number of hydrogen-bond donors (Lipinski definition) is 1. The van der Waals surface area contributed by atoms with Crippen LogP contribution in [0.3, 0.4) is 0 Å². The molecule has 0 aliphatic carbocycles. The molecule has 1 N–H and O–H groups in total. The quantitative estimate of drug-likeness (QED) is 0.373. The average Bonchev–Trinajstić information content (AvgIpc) is 3.18. The van der Waals surface area contributed by atoms with Crippen LogP contribution in [-0.4, -0.2) is 42.7 Å². The minimum atomic E-state index is -0.215. The van der Waals surface area contributed by atoms with Crippen LogP contribution in [-0.2, 0) is 4.79 Å². The zero-order valence-corrected chi connectivity index (χ0v) is 19.5. The van der Waals surface area contributed by atoms with Crippen LogP contribution in [0.1, 0.15) is 13.8 Å². The molecule has 0 radical (unpaired) electrons. The van der Waals surface area contributed by atoms with Crippen molar-refractivity contribution in [1.29, 1.82) is 0 Å². The van der Waals surface area contributed by atoms with Gasteiger partial charge in [-0.25, -0.2) is 0 Å². The molecule has 3 heterocycles. The van der Waals surface area contributed by atoms with Crippen molar-refractivity contribution in [2.75, 3.05) is 27.4 Å². The molecule has 8 nitrogen and oxygen atoms in total. The lowest BCUT2D eigenvalue weighted by Crippen LogP contribution is -2.31. The third kappa shape index (κ3) is 3.34. The Balaban J connectivity index is 1.69. The normalized spacial score (nSPS) is 11.7. The molecule has 0 saturated heterocycles. The van der Waals surface area contributed by atoms with Crippen molar-refractivity contribution in [3.63, 3.8) is 0 Å². The highest BCUT2D eigenvalue weighted by Crippen LogP contribution is 2.39. The van der Waals surface area contributed by atoms with Gasteiger partial charge in [-0.2, -0.15) is 0 Å². The number of aromatic nitrogens is 2. The summed E-state index contributed by atoms with van der Waals surface area (Å²) in [6, 6.07) is 10.9. The van der Waals surface area contributed by atoms with Crippen molar-refractivity contribution in [3.8, 4) is 17.2 Å². The van der Waals surface area contributed by atoms with Gasteiger partial charge in [-0.15, -0.1) is 0 Å². The second kappa shape index (κ2) is 8.37. The molecule has 8 heteroatoms. The average molecular weight is 460 g/mol. The summed E-state index contributed by atoms with van der Waals surface area (Å²) in [5.41, 5.74) is 1.93. The number of carbonyl (C=O) groups is 1. The number of benzene rings is 2. The molecule has 2 aromatic carbocycles. The summed E-state index contributed by atoms with van der Waals surface area (Å²) in [4.78, 5) is 30.4. The Morgan fingerprint density at radius 1 is 1.06 bits per heavy atom. The van der Waals surface area contributed by atoms with Gasteiger partial charge in [-0.3, -0.25) is 19.0 Å². The van der Waals surface area contributed by atoms with Crippen molar-refractivity contribution in [1.82, 2.24) is 14.7 Å². The highest BCUT2D eigenvalue weighted by molar-refractivity contribution is 6.19. The number of amides is 1. The maximum absolute atomic E-state index is 13.8. The first-order valence-electron chi connectivity index (χ1n) is 11.1. The molecule has 5 aromatic rings. The molecule has 5 rings (SSSR count). The molecule has 34 heavy (non-hydrogen) atoms. The monoisotopic (exact) mass is 459 g/mol. The molecular weight excluding hydrogens is 434 g/mol. The number of rotatable bonds is 7. The number of pyridine rings is 2. The third-order valence-corrected chi connectivity index (χ3v) is 5.94. The van der Waals surface area contributed by atoms with E-state index in [1.807, 2.05) is 38.1 Å². The van der Waals surface area contributed by atoms with E-state index in [4.69, 9.17) is 14.2 Å². The summed E-state index contributed by atoms with van der Waals surface area (Å²) in [6.45, 7) is 4.59. The van der Waals surface area contributed by atoms with Crippen molar-refractivity contribution < 1.29 is 19.0 Å². The lowest BCUT2D eigenvalue weighted by Gasteiger charge is -2.12. The molecule has 3 aromatic heterocycles. The SMILES string of the molecule is COc1ccc2c(c1OC)c(=O)n1c3ccc(OCC(=O)NCC(C)C)cc3c3ccnc2c31. The van der Waals surface area contributed by atoms with Crippen molar-refractivity contribution in [2.45, 2.75) is 13.8 Å². The standard InChI is InChI=1S/C26H25N3O5/c1-14(2)12-28-21(30)13-34-15-5-7-19-18(11-15)16-9-10-27-23-17-6-8-20(32-3)25(33-4)22(17)26(31)29(19)24(16)23/h5-11,14H,12-13H2,1-4H3,(H,28,30). The molecule has 0 atom stereocenters. The van der Waals surface area contributed by atoms with Gasteiger partial charge < -0.3 is 19.5 Å². The van der Waals surface area contributed by atoms with E-state index in [0.717, 1.165) is 21.8 Å². The van der Waals surface area contributed by atoms with Crippen LogP contribution in [0.4, 0.5) is 0 Å². The van der Waals surface area contributed by atoms with Gasteiger partial charge in [-0.1, -0.05) is 13.8 Å². The highest BCUT2D eigenvalue weighted by Gasteiger charge is 2.22. The predicted octanol–water partition coefficient (Wildman–Crippen LogP) is 3.76. The summed E-state index contributed by atoms with van der Waals surface area (Å²) in [7, 11) is 3.06. The summed E-state index contributed by atoms with van der Waals surface area (Å²) in [5, 5.41) is 5.67. The zero-order chi connectivity index (χ0) is 24.0. The van der Waals surface area contributed by atoms with Gasteiger partial charge in [-0.05, 0) is 42.3 Å². The van der Waals surface area contributed by atoms with E-state index in [0.29, 0.717) is 46.0 Å². The van der Waals surface area contributed by atoms with E-state index in [1.54, 1.807) is 22.7 Å². The smallest absolute Gasteiger partial charge is 0.267 e. The van der Waals surface area contributed by atoms with Crippen molar-refractivity contribution in [3.05, 3.63) is 52.9 Å². The highest BCUT2D eigenvalue weighted by atomic mass is 16.5. The molecule has 0 aliphatic heterocycles. The summed E-state index contributed by atoms with van der Waals surface area (Å²) in [5.74, 6) is 1.60. The van der Waals surface area contributed by atoms with Gasteiger partial charge in [0.25, 0.3) is 11.5 Å². The van der Waals surface area contributed by atoms with Crippen molar-refractivity contribution >= 4 is 44.0 Å². The number of ether oxygens (including phenoxy) is 3. The fraction of sp³-hybridized carbons (Fsp3) is 0.269. The number of fused-ring (bicyclic) bond motifs is 5. The van der Waals surface area contributed by atoms with Gasteiger partial charge in [0.15, 0.2) is 18.1 Å². The molecule has 1 amide bonds. The van der Waals surface area contributed by atoms with E-state index in [9.17, 15) is 9.59 Å². The Bertz CT molecular complexity index is 1610. The Morgan fingerprint density at radius 3 is 2.62 bits per heavy atom. The van der Waals surface area contributed by atoms with Gasteiger partial charge in [0.1, 0.15) is 5.75 Å². The van der Waals surface area contributed by atoms with Crippen molar-refractivity contribution in [2.24, 2.45) is 5.92 Å². The number of nitrogens with zero attached hydrogens (tertiary/aromatic N) is 2. The second-order valence-corrected chi connectivity index (χ2v) is 8.59. The molecule has 0 saturated carbocycles. The predicted molar refractivity (Wildman–Crippen MR) is 132 cm³/mol. The largest absolute Gasteiger partial charge is 0.493 e. The van der Waals surface area contributed by atoms with Gasteiger partial charge in [0, 0.05) is 28.9 Å². The van der Waals surface area contributed by atoms with Crippen LogP contribution < -0.4 is 25.1 Å². The number of carbonyl (C=O) groups excluding carboxylic acids is 1. The Kier molecular flexibility index (Phi) is 5.36. The maximum Gasteiger partial charge on any atom is 0.267 e. The summed E-state index contributed by atoms with van der Waals surface area (Å²) < 4.78 is 18.4. The number of nitrogens with one attached hydrogen (secondary N) is 1. The molecule has 174 valence electrons. The molecule has 0 aliphatic rings. The molecule has 0 spiro atoms. The van der Waals surface area contributed by atoms with Gasteiger partial charge >= 0.3 is 0 Å². The minimum Gasteiger partial charge on any atom is -0.493 e. The Labute approximate surface area is 195 Å². The first kappa shape index (κ1) is 21.8. The van der Waals surface area contributed by atoms with Crippen LogP contribution in [0.15, 0.2) is 47.4 Å². The molecule has 0 unspecified atom stereocenters. The van der Waals surface area contributed by atoms with E-state index in [2.05, 4.69) is 10.3 Å². The maximum atomic E-state index is 13.8. The van der Waals surface area contributed by atoms with Crippen LogP contribution in [0.2, 0.25) is 0 Å². The van der Waals surface area contributed by atoms with Crippen LogP contribution in [0, 0.1) is 5.92 Å². The second-order valence-electron chi connectivity index (χ2n) is 8.59. The van der Waals surface area contributed by atoms with Crippen LogP contribution >= 0.6 is 0 Å². The first-order chi connectivity index (χ1) is 16.4. The van der Waals surface area contributed by atoms with E-state index < -0.39 is 0 Å². The molecule has 0 bridgehead atoms. The van der Waals surface area contributed by atoms with Gasteiger partial charge in [0.05, 0.1) is 36.2 Å². The zero-order valence-electron chi connectivity index (χ0n) is 19.5. The summed E-state index contributed by atoms with van der Waals surface area (Å²) >= 11 is 0. The molecule has 0 fully saturated rings. The van der Waals surface area contributed by atoms with Crippen LogP contribution in [0.25, 0.3) is 38.1 Å².